The van der Waals surface area contributed by atoms with E-state index in [2.05, 4.69) is 0 Å². The molecule has 0 aliphatic carbocycles. The Balaban J connectivity index is 2.41. The molecule has 1 aliphatic heterocycles. The van der Waals surface area contributed by atoms with Gasteiger partial charge in [0.25, 0.3) is 0 Å². The van der Waals surface area contributed by atoms with E-state index >= 15 is 0 Å². The van der Waals surface area contributed by atoms with Crippen LogP contribution in [0.15, 0.2) is 23.1 Å². The van der Waals surface area contributed by atoms with E-state index in [0.717, 1.165) is 0 Å². The highest BCUT2D eigenvalue weighted by molar-refractivity contribution is 7.92. The summed E-state index contributed by atoms with van der Waals surface area (Å²) >= 11 is 0. The summed E-state index contributed by atoms with van der Waals surface area (Å²) in [4.78, 5) is 0.0853. The molecule has 0 saturated carbocycles. The SMILES string of the molecule is CCCN(C1CCS(=O)(=O)C1)S(=O)(=O)c1ccc(OCC)c(OCC)c1. The molecule has 26 heavy (non-hydrogen) atoms. The van der Waals surface area contributed by atoms with Crippen molar-refractivity contribution < 1.29 is 26.3 Å². The van der Waals surface area contributed by atoms with E-state index in [1.54, 1.807) is 6.07 Å². The van der Waals surface area contributed by atoms with Crippen LogP contribution in [0.4, 0.5) is 0 Å². The second kappa shape index (κ2) is 8.58. The minimum absolute atomic E-state index is 0.0286. The first kappa shape index (κ1) is 21.0. The molecule has 0 radical (unpaired) electrons. The van der Waals surface area contributed by atoms with Crippen LogP contribution in [0.1, 0.15) is 33.6 Å². The maximum absolute atomic E-state index is 13.2. The van der Waals surface area contributed by atoms with Gasteiger partial charge in [0.2, 0.25) is 10.0 Å². The summed E-state index contributed by atoms with van der Waals surface area (Å²) < 4.78 is 62.3. The zero-order valence-electron chi connectivity index (χ0n) is 15.5. The Morgan fingerprint density at radius 3 is 2.31 bits per heavy atom. The van der Waals surface area contributed by atoms with E-state index in [1.807, 2.05) is 20.8 Å². The largest absolute Gasteiger partial charge is 0.490 e. The fourth-order valence-corrected chi connectivity index (χ4v) is 6.64. The fourth-order valence-electron chi connectivity index (χ4n) is 3.05. The molecular weight excluding hydrogens is 378 g/mol. The first-order valence-corrected chi connectivity index (χ1v) is 12.1. The molecule has 0 amide bonds. The number of sulfonamides is 1. The first-order valence-electron chi connectivity index (χ1n) is 8.87. The summed E-state index contributed by atoms with van der Waals surface area (Å²) in [5, 5.41) is 0. The van der Waals surface area contributed by atoms with Gasteiger partial charge in [0.05, 0.1) is 29.6 Å². The van der Waals surface area contributed by atoms with Crippen LogP contribution in [0.25, 0.3) is 0 Å². The molecule has 1 saturated heterocycles. The molecule has 2 rings (SSSR count). The number of benzene rings is 1. The third-order valence-electron chi connectivity index (χ3n) is 4.18. The highest BCUT2D eigenvalue weighted by atomic mass is 32.2. The lowest BCUT2D eigenvalue weighted by Crippen LogP contribution is -2.41. The molecule has 1 aromatic carbocycles. The van der Waals surface area contributed by atoms with E-state index in [4.69, 9.17) is 9.47 Å². The fraction of sp³-hybridized carbons (Fsp3) is 0.647. The van der Waals surface area contributed by atoms with Gasteiger partial charge in [-0.2, -0.15) is 4.31 Å². The molecule has 0 spiro atoms. The summed E-state index contributed by atoms with van der Waals surface area (Å²) in [5.74, 6) is 0.757. The van der Waals surface area contributed by atoms with Crippen LogP contribution < -0.4 is 9.47 Å². The van der Waals surface area contributed by atoms with Crippen LogP contribution in [0.5, 0.6) is 11.5 Å². The molecule has 1 unspecified atom stereocenters. The molecule has 1 heterocycles. The number of sulfone groups is 1. The Kier molecular flexibility index (Phi) is 6.92. The lowest BCUT2D eigenvalue weighted by Gasteiger charge is -2.27. The van der Waals surface area contributed by atoms with Gasteiger partial charge in [-0.3, -0.25) is 0 Å². The van der Waals surface area contributed by atoms with Gasteiger partial charge in [-0.1, -0.05) is 6.92 Å². The standard InChI is InChI=1S/C17H27NO6S2/c1-4-10-18(14-9-11-25(19,20)13-14)26(21,22)15-7-8-16(23-5-2)17(12-15)24-6-3/h7-8,12,14H,4-6,9-11,13H2,1-3H3. The Labute approximate surface area is 156 Å². The van der Waals surface area contributed by atoms with Crippen LogP contribution in [-0.4, -0.2) is 58.4 Å². The van der Waals surface area contributed by atoms with Crippen LogP contribution in [-0.2, 0) is 19.9 Å². The first-order chi connectivity index (χ1) is 12.2. The maximum atomic E-state index is 13.2. The van der Waals surface area contributed by atoms with Gasteiger partial charge in [0.15, 0.2) is 21.3 Å². The molecule has 1 aliphatic rings. The van der Waals surface area contributed by atoms with Crippen molar-refractivity contribution in [2.75, 3.05) is 31.3 Å². The lowest BCUT2D eigenvalue weighted by atomic mass is 10.2. The summed E-state index contributed by atoms with van der Waals surface area (Å²) in [6, 6.07) is 3.99. The Bertz CT molecular complexity index is 820. The van der Waals surface area contributed by atoms with Crippen molar-refractivity contribution in [3.63, 3.8) is 0 Å². The summed E-state index contributed by atoms with van der Waals surface area (Å²) in [6.07, 6.45) is 0.933. The highest BCUT2D eigenvalue weighted by Crippen LogP contribution is 2.33. The molecular formula is C17H27NO6S2. The molecule has 1 aromatic rings. The molecule has 1 fully saturated rings. The van der Waals surface area contributed by atoms with Crippen molar-refractivity contribution in [2.24, 2.45) is 0 Å². The average molecular weight is 406 g/mol. The van der Waals surface area contributed by atoms with Gasteiger partial charge in [0, 0.05) is 18.7 Å². The van der Waals surface area contributed by atoms with E-state index in [9.17, 15) is 16.8 Å². The van der Waals surface area contributed by atoms with Crippen molar-refractivity contribution in [2.45, 2.75) is 44.6 Å². The van der Waals surface area contributed by atoms with E-state index in [0.29, 0.717) is 37.6 Å². The lowest BCUT2D eigenvalue weighted by molar-refractivity contribution is 0.286. The predicted octanol–water partition coefficient (Wildman–Crippen LogP) is 2.07. The Hall–Kier alpha value is -1.32. The van der Waals surface area contributed by atoms with Crippen molar-refractivity contribution in [3.8, 4) is 11.5 Å². The second-order valence-corrected chi connectivity index (χ2v) is 10.3. The number of hydrogen-bond acceptors (Lipinski definition) is 6. The topological polar surface area (TPSA) is 90.0 Å². The monoisotopic (exact) mass is 405 g/mol. The van der Waals surface area contributed by atoms with Crippen LogP contribution in [0.2, 0.25) is 0 Å². The third kappa shape index (κ3) is 4.69. The van der Waals surface area contributed by atoms with Crippen LogP contribution in [0, 0.1) is 0 Å². The van der Waals surface area contributed by atoms with E-state index in [1.165, 1.54) is 16.4 Å². The second-order valence-electron chi connectivity index (χ2n) is 6.15. The third-order valence-corrected chi connectivity index (χ3v) is 7.88. The van der Waals surface area contributed by atoms with Gasteiger partial charge in [-0.15, -0.1) is 0 Å². The zero-order valence-corrected chi connectivity index (χ0v) is 17.1. The minimum Gasteiger partial charge on any atom is -0.490 e. The Morgan fingerprint density at radius 1 is 1.12 bits per heavy atom. The number of nitrogens with zero attached hydrogens (tertiary/aromatic N) is 1. The maximum Gasteiger partial charge on any atom is 0.243 e. The van der Waals surface area contributed by atoms with Gasteiger partial charge in [-0.05, 0) is 38.8 Å². The van der Waals surface area contributed by atoms with Gasteiger partial charge >= 0.3 is 0 Å². The molecule has 7 nitrogen and oxygen atoms in total. The zero-order chi connectivity index (χ0) is 19.4. The van der Waals surface area contributed by atoms with Crippen molar-refractivity contribution >= 4 is 19.9 Å². The molecule has 148 valence electrons. The molecule has 1 atom stereocenters. The van der Waals surface area contributed by atoms with Crippen LogP contribution >= 0.6 is 0 Å². The molecule has 9 heteroatoms. The van der Waals surface area contributed by atoms with Crippen molar-refractivity contribution in [1.82, 2.24) is 4.31 Å². The van der Waals surface area contributed by atoms with Crippen LogP contribution in [0.3, 0.4) is 0 Å². The average Bonchev–Trinajstić information content (AvgIpc) is 2.94. The smallest absolute Gasteiger partial charge is 0.243 e. The number of hydrogen-bond donors (Lipinski definition) is 0. The highest BCUT2D eigenvalue weighted by Gasteiger charge is 2.38. The van der Waals surface area contributed by atoms with Gasteiger partial charge < -0.3 is 9.47 Å². The quantitative estimate of drug-likeness (QED) is 0.625. The van der Waals surface area contributed by atoms with E-state index in [-0.39, 0.29) is 22.9 Å². The summed E-state index contributed by atoms with van der Waals surface area (Å²) in [5.41, 5.74) is 0. The normalized spacial score (nSPS) is 19.6. The van der Waals surface area contributed by atoms with Gasteiger partial charge in [-0.25, -0.2) is 16.8 Å². The summed E-state index contributed by atoms with van der Waals surface area (Å²) in [7, 11) is -7.02. The molecule has 0 aromatic heterocycles. The van der Waals surface area contributed by atoms with Crippen molar-refractivity contribution in [3.05, 3.63) is 18.2 Å². The minimum atomic E-state index is -3.84. The number of rotatable bonds is 9. The predicted molar refractivity (Wildman–Crippen MR) is 100 cm³/mol. The van der Waals surface area contributed by atoms with Gasteiger partial charge in [0.1, 0.15) is 0 Å². The Morgan fingerprint density at radius 2 is 1.77 bits per heavy atom. The molecule has 0 N–H and O–H groups in total. The summed E-state index contributed by atoms with van der Waals surface area (Å²) in [6.45, 7) is 6.61. The van der Waals surface area contributed by atoms with E-state index < -0.39 is 25.9 Å². The number of ether oxygens (including phenoxy) is 2. The van der Waals surface area contributed by atoms with Crippen molar-refractivity contribution in [1.29, 1.82) is 0 Å². The molecule has 0 bridgehead atoms.